The first kappa shape index (κ1) is 11.7. The Bertz CT molecular complexity index is 144. The molecule has 0 spiro atoms. The summed E-state index contributed by atoms with van der Waals surface area (Å²) in [5.41, 5.74) is 2.77. The van der Waals surface area contributed by atoms with Crippen molar-refractivity contribution in [2.45, 2.75) is 20.8 Å². The summed E-state index contributed by atoms with van der Waals surface area (Å²) in [5.74, 6) is 0. The van der Waals surface area contributed by atoms with Gasteiger partial charge in [0.25, 0.3) is 8.38 Å². The van der Waals surface area contributed by atoms with E-state index in [-0.39, 0.29) is 0 Å². The lowest BCUT2D eigenvalue weighted by Crippen LogP contribution is -1.88. The van der Waals surface area contributed by atoms with Gasteiger partial charge in [-0.05, 0) is 20.8 Å². The first-order valence-electron chi connectivity index (χ1n) is 4.03. The maximum Gasteiger partial charge on any atom is 0.260 e. The molecule has 0 aliphatic carbocycles. The van der Waals surface area contributed by atoms with Crippen LogP contribution in [0.15, 0.2) is 0 Å². The highest BCUT2D eigenvalue weighted by atomic mass is 31.2. The van der Waals surface area contributed by atoms with E-state index in [2.05, 4.69) is 11.8 Å². The monoisotopic (exact) mass is 190 g/mol. The summed E-state index contributed by atoms with van der Waals surface area (Å²) in [7, 11) is -1.06. The smallest absolute Gasteiger partial charge is 0.260 e. The van der Waals surface area contributed by atoms with E-state index in [1.165, 1.54) is 0 Å². The van der Waals surface area contributed by atoms with E-state index in [0.29, 0.717) is 19.8 Å². The summed E-state index contributed by atoms with van der Waals surface area (Å²) in [5, 5.41) is 0. The molecule has 0 saturated carbocycles. The zero-order valence-electron chi connectivity index (χ0n) is 7.79. The minimum absolute atomic E-state index is 0.592. The fraction of sp³-hybridized carbons (Fsp3) is 0.750. The van der Waals surface area contributed by atoms with Crippen LogP contribution in [0.1, 0.15) is 20.8 Å². The third-order valence-corrected chi connectivity index (χ3v) is 2.11. The van der Waals surface area contributed by atoms with Crippen molar-refractivity contribution in [1.82, 2.24) is 0 Å². The zero-order valence-corrected chi connectivity index (χ0v) is 8.69. The molecular weight excluding hydrogens is 175 g/mol. The van der Waals surface area contributed by atoms with Crippen LogP contribution >= 0.6 is 8.38 Å². The second kappa shape index (κ2) is 8.80. The van der Waals surface area contributed by atoms with Crippen LogP contribution < -0.4 is 0 Å². The largest absolute Gasteiger partial charge is 0.447 e. The molecule has 0 aromatic carbocycles. The molecule has 0 rings (SSSR count). The lowest BCUT2D eigenvalue weighted by atomic mass is 10.9. The maximum atomic E-state index is 5.22. The van der Waals surface area contributed by atoms with Crippen molar-refractivity contribution in [2.24, 2.45) is 0 Å². The lowest BCUT2D eigenvalue weighted by molar-refractivity contribution is 0.276. The fourth-order valence-corrected chi connectivity index (χ4v) is 1.29. The van der Waals surface area contributed by atoms with Crippen LogP contribution in [0.25, 0.3) is 0 Å². The summed E-state index contributed by atoms with van der Waals surface area (Å²) >= 11 is 0. The standard InChI is InChI=1S/C8H15O3P/c1-4-9-7-8-12(10-5-2)11-6-3/h4-6H2,1-3H3. The first-order valence-corrected chi connectivity index (χ1v) is 5.21. The van der Waals surface area contributed by atoms with Gasteiger partial charge in [0, 0.05) is 5.66 Å². The highest BCUT2D eigenvalue weighted by molar-refractivity contribution is 7.52. The van der Waals surface area contributed by atoms with Gasteiger partial charge in [-0.3, -0.25) is 0 Å². The van der Waals surface area contributed by atoms with Crippen molar-refractivity contribution in [3.63, 3.8) is 0 Å². The predicted molar refractivity (Wildman–Crippen MR) is 49.6 cm³/mol. The lowest BCUT2D eigenvalue weighted by Gasteiger charge is -2.07. The van der Waals surface area contributed by atoms with E-state index in [4.69, 9.17) is 13.8 Å². The van der Waals surface area contributed by atoms with E-state index in [0.717, 1.165) is 0 Å². The highest BCUT2D eigenvalue weighted by Crippen LogP contribution is 2.35. The molecule has 0 aliphatic rings. The van der Waals surface area contributed by atoms with Gasteiger partial charge >= 0.3 is 0 Å². The third kappa shape index (κ3) is 6.42. The van der Waals surface area contributed by atoms with Crippen LogP contribution in [0.5, 0.6) is 0 Å². The summed E-state index contributed by atoms with van der Waals surface area (Å²) in [6.07, 6.45) is 2.53. The Morgan fingerprint density at radius 1 is 1.00 bits per heavy atom. The predicted octanol–water partition coefficient (Wildman–Crippen LogP) is 2.33. The van der Waals surface area contributed by atoms with Gasteiger partial charge in [-0.2, -0.15) is 0 Å². The molecule has 0 aliphatic heterocycles. The molecule has 0 radical (unpaired) electrons. The van der Waals surface area contributed by atoms with Gasteiger partial charge in [0.2, 0.25) is 0 Å². The first-order chi connectivity index (χ1) is 5.85. The molecule has 3 nitrogen and oxygen atoms in total. The Morgan fingerprint density at radius 3 is 2.00 bits per heavy atom. The Kier molecular flexibility index (Phi) is 8.59. The van der Waals surface area contributed by atoms with Crippen LogP contribution in [-0.2, 0) is 13.8 Å². The third-order valence-electron chi connectivity index (χ3n) is 0.846. The van der Waals surface area contributed by atoms with Gasteiger partial charge in [0.15, 0.2) is 0 Å². The molecule has 0 aromatic heterocycles. The summed E-state index contributed by atoms with van der Waals surface area (Å²) in [6.45, 7) is 7.54. The number of hydrogen-bond donors (Lipinski definition) is 0. The van der Waals surface area contributed by atoms with Crippen molar-refractivity contribution in [2.75, 3.05) is 19.8 Å². The summed E-state index contributed by atoms with van der Waals surface area (Å²) in [4.78, 5) is 0. The van der Waals surface area contributed by atoms with E-state index in [9.17, 15) is 0 Å². The van der Waals surface area contributed by atoms with Gasteiger partial charge in [0.1, 0.15) is 6.11 Å². The number of hydrogen-bond acceptors (Lipinski definition) is 3. The molecule has 4 heteroatoms. The summed E-state index contributed by atoms with van der Waals surface area (Å²) in [6, 6.07) is 0. The Hall–Kier alpha value is -0.290. The van der Waals surface area contributed by atoms with Gasteiger partial charge < -0.3 is 13.8 Å². The Balaban J connectivity index is 3.70. The minimum atomic E-state index is -1.06. The molecule has 0 atom stereocenters. The Labute approximate surface area is 75.3 Å². The van der Waals surface area contributed by atoms with Gasteiger partial charge in [-0.1, -0.05) is 0 Å². The molecule has 0 fully saturated rings. The van der Waals surface area contributed by atoms with Crippen LogP contribution in [0.3, 0.4) is 0 Å². The van der Waals surface area contributed by atoms with Crippen LogP contribution in [0.4, 0.5) is 0 Å². The van der Waals surface area contributed by atoms with Gasteiger partial charge in [-0.25, -0.2) is 0 Å². The van der Waals surface area contributed by atoms with E-state index >= 15 is 0 Å². The average Bonchev–Trinajstić information content (AvgIpc) is 2.06. The average molecular weight is 190 g/mol. The van der Waals surface area contributed by atoms with Crippen molar-refractivity contribution in [3.8, 4) is 11.8 Å². The molecule has 0 bridgehead atoms. The molecule has 0 unspecified atom stereocenters. The van der Waals surface area contributed by atoms with Crippen LogP contribution in [0, 0.1) is 11.8 Å². The van der Waals surface area contributed by atoms with Crippen molar-refractivity contribution >= 4 is 8.38 Å². The number of ether oxygens (including phenoxy) is 1. The normalized spacial score (nSPS) is 9.33. The van der Waals surface area contributed by atoms with Crippen LogP contribution in [-0.4, -0.2) is 19.8 Å². The topological polar surface area (TPSA) is 27.7 Å². The fourth-order valence-electron chi connectivity index (χ4n) is 0.478. The van der Waals surface area contributed by atoms with E-state index in [1.807, 2.05) is 20.8 Å². The van der Waals surface area contributed by atoms with Gasteiger partial charge in [0.05, 0.1) is 19.8 Å². The van der Waals surface area contributed by atoms with Crippen molar-refractivity contribution in [3.05, 3.63) is 0 Å². The molecule has 70 valence electrons. The summed E-state index contributed by atoms with van der Waals surface area (Å²) < 4.78 is 15.3. The molecular formula is C8H15O3P. The quantitative estimate of drug-likeness (QED) is 0.492. The second-order valence-electron chi connectivity index (χ2n) is 1.74. The van der Waals surface area contributed by atoms with Crippen molar-refractivity contribution < 1.29 is 13.8 Å². The van der Waals surface area contributed by atoms with E-state index < -0.39 is 8.38 Å². The zero-order chi connectivity index (χ0) is 9.23. The SMILES string of the molecule is CCOC#CP(OCC)OCC. The molecule has 0 saturated heterocycles. The minimum Gasteiger partial charge on any atom is -0.447 e. The Morgan fingerprint density at radius 2 is 1.58 bits per heavy atom. The van der Waals surface area contributed by atoms with Crippen molar-refractivity contribution in [1.29, 1.82) is 0 Å². The molecule has 0 N–H and O–H groups in total. The van der Waals surface area contributed by atoms with Gasteiger partial charge in [-0.15, -0.1) is 0 Å². The molecule has 0 amide bonds. The molecule has 12 heavy (non-hydrogen) atoms. The number of rotatable bonds is 5. The second-order valence-corrected chi connectivity index (χ2v) is 2.99. The maximum absolute atomic E-state index is 5.22. The highest BCUT2D eigenvalue weighted by Gasteiger charge is 2.03. The molecule has 0 aromatic rings. The van der Waals surface area contributed by atoms with Crippen LogP contribution in [0.2, 0.25) is 0 Å². The van der Waals surface area contributed by atoms with E-state index in [1.54, 1.807) is 0 Å². The molecule has 0 heterocycles.